The van der Waals surface area contributed by atoms with Gasteiger partial charge >= 0.3 is 0 Å². The first-order valence-corrected chi connectivity index (χ1v) is 5.85. The quantitative estimate of drug-likeness (QED) is 0.801. The summed E-state index contributed by atoms with van der Waals surface area (Å²) in [7, 11) is 0. The average Bonchev–Trinajstić information content (AvgIpc) is 2.24. The summed E-state index contributed by atoms with van der Waals surface area (Å²) >= 11 is 6.14. The van der Waals surface area contributed by atoms with E-state index in [0.29, 0.717) is 12.1 Å². The summed E-state index contributed by atoms with van der Waals surface area (Å²) in [5, 5.41) is 7.86. The lowest BCUT2D eigenvalue weighted by Gasteiger charge is -2.31. The largest absolute Gasteiger partial charge is 0.311 e. The molecule has 1 aliphatic heterocycles. The molecule has 1 aromatic rings. The molecule has 2 rings (SSSR count). The van der Waals surface area contributed by atoms with Crippen molar-refractivity contribution in [1.82, 2.24) is 10.6 Å². The monoisotopic (exact) mass is 224 g/mol. The van der Waals surface area contributed by atoms with Crippen LogP contribution < -0.4 is 10.6 Å². The Morgan fingerprint density at radius 1 is 1.27 bits per heavy atom. The first-order valence-electron chi connectivity index (χ1n) is 5.47. The second kappa shape index (κ2) is 4.97. The third-order valence-electron chi connectivity index (χ3n) is 3.00. The molecule has 0 aliphatic carbocycles. The fourth-order valence-corrected chi connectivity index (χ4v) is 2.24. The fraction of sp³-hybridized carbons (Fsp3) is 0.500. The van der Waals surface area contributed by atoms with Crippen molar-refractivity contribution in [3.63, 3.8) is 0 Å². The number of piperazine rings is 1. The summed E-state index contributed by atoms with van der Waals surface area (Å²) < 4.78 is 0. The van der Waals surface area contributed by atoms with Gasteiger partial charge < -0.3 is 10.6 Å². The van der Waals surface area contributed by atoms with Gasteiger partial charge in [0.1, 0.15) is 0 Å². The molecular formula is C12H17ClN2. The van der Waals surface area contributed by atoms with Gasteiger partial charge in [0.2, 0.25) is 0 Å². The Hall–Kier alpha value is -0.570. The van der Waals surface area contributed by atoms with Gasteiger partial charge in [-0.1, -0.05) is 29.8 Å². The number of hydrogen-bond acceptors (Lipinski definition) is 2. The van der Waals surface area contributed by atoms with Gasteiger partial charge in [-0.15, -0.1) is 0 Å². The van der Waals surface area contributed by atoms with Crippen molar-refractivity contribution >= 4 is 11.6 Å². The summed E-state index contributed by atoms with van der Waals surface area (Å²) in [5.41, 5.74) is 1.23. The van der Waals surface area contributed by atoms with Crippen LogP contribution in [0, 0.1) is 0 Å². The molecule has 2 nitrogen and oxygen atoms in total. The minimum absolute atomic E-state index is 0.485. The van der Waals surface area contributed by atoms with Crippen molar-refractivity contribution in [2.24, 2.45) is 0 Å². The Labute approximate surface area is 96.0 Å². The Balaban J connectivity index is 2.04. The predicted octanol–water partition coefficient (Wildman–Crippen LogP) is 1.83. The molecule has 0 radical (unpaired) electrons. The van der Waals surface area contributed by atoms with E-state index in [4.69, 9.17) is 11.6 Å². The average molecular weight is 225 g/mol. The van der Waals surface area contributed by atoms with Crippen LogP contribution in [-0.2, 0) is 6.42 Å². The molecule has 0 bridgehead atoms. The molecule has 1 aromatic carbocycles. The van der Waals surface area contributed by atoms with E-state index in [-0.39, 0.29) is 0 Å². The molecule has 2 N–H and O–H groups in total. The molecule has 2 unspecified atom stereocenters. The summed E-state index contributed by atoms with van der Waals surface area (Å²) in [6.45, 7) is 4.31. The SMILES string of the molecule is CC1NCCNC1Cc1ccccc1Cl. The third-order valence-corrected chi connectivity index (χ3v) is 3.37. The Morgan fingerprint density at radius 3 is 2.73 bits per heavy atom. The van der Waals surface area contributed by atoms with Gasteiger partial charge in [-0.05, 0) is 25.0 Å². The zero-order valence-corrected chi connectivity index (χ0v) is 9.72. The van der Waals surface area contributed by atoms with Gasteiger partial charge in [0.15, 0.2) is 0 Å². The Kier molecular flexibility index (Phi) is 3.62. The van der Waals surface area contributed by atoms with Gasteiger partial charge in [-0.2, -0.15) is 0 Å². The maximum absolute atomic E-state index is 6.14. The van der Waals surface area contributed by atoms with Crippen LogP contribution in [0.4, 0.5) is 0 Å². The van der Waals surface area contributed by atoms with Crippen LogP contribution in [0.3, 0.4) is 0 Å². The van der Waals surface area contributed by atoms with Gasteiger partial charge in [0.05, 0.1) is 0 Å². The Bertz CT molecular complexity index is 327. The Morgan fingerprint density at radius 2 is 2.00 bits per heavy atom. The lowest BCUT2D eigenvalue weighted by molar-refractivity contribution is 0.337. The van der Waals surface area contributed by atoms with Crippen LogP contribution in [0.15, 0.2) is 24.3 Å². The topological polar surface area (TPSA) is 24.1 Å². The smallest absolute Gasteiger partial charge is 0.0438 e. The highest BCUT2D eigenvalue weighted by atomic mass is 35.5. The molecule has 1 aliphatic rings. The minimum Gasteiger partial charge on any atom is -0.311 e. The maximum atomic E-state index is 6.14. The summed E-state index contributed by atoms with van der Waals surface area (Å²) in [6, 6.07) is 9.07. The summed E-state index contributed by atoms with van der Waals surface area (Å²) in [5.74, 6) is 0. The van der Waals surface area contributed by atoms with Crippen molar-refractivity contribution in [2.45, 2.75) is 25.4 Å². The number of rotatable bonds is 2. The highest BCUT2D eigenvalue weighted by molar-refractivity contribution is 6.31. The van der Waals surface area contributed by atoms with Gasteiger partial charge in [0, 0.05) is 30.2 Å². The van der Waals surface area contributed by atoms with Gasteiger partial charge in [0.25, 0.3) is 0 Å². The highest BCUT2D eigenvalue weighted by Gasteiger charge is 2.20. The van der Waals surface area contributed by atoms with Crippen molar-refractivity contribution in [3.05, 3.63) is 34.9 Å². The van der Waals surface area contributed by atoms with Crippen LogP contribution in [0.1, 0.15) is 12.5 Å². The van der Waals surface area contributed by atoms with Crippen molar-refractivity contribution in [1.29, 1.82) is 0 Å². The van der Waals surface area contributed by atoms with Gasteiger partial charge in [-0.25, -0.2) is 0 Å². The highest BCUT2D eigenvalue weighted by Crippen LogP contribution is 2.18. The molecule has 0 aromatic heterocycles. The van der Waals surface area contributed by atoms with Gasteiger partial charge in [-0.3, -0.25) is 0 Å². The zero-order valence-electron chi connectivity index (χ0n) is 8.96. The molecule has 1 heterocycles. The first-order chi connectivity index (χ1) is 7.27. The second-order valence-electron chi connectivity index (χ2n) is 4.10. The molecule has 1 saturated heterocycles. The van der Waals surface area contributed by atoms with Crippen LogP contribution in [0.25, 0.3) is 0 Å². The predicted molar refractivity (Wildman–Crippen MR) is 64.4 cm³/mol. The summed E-state index contributed by atoms with van der Waals surface area (Å²) in [4.78, 5) is 0. The molecule has 2 atom stereocenters. The molecule has 0 amide bonds. The molecule has 1 fully saturated rings. The van der Waals surface area contributed by atoms with E-state index in [1.165, 1.54) is 5.56 Å². The van der Waals surface area contributed by atoms with Crippen molar-refractivity contribution in [3.8, 4) is 0 Å². The van der Waals surface area contributed by atoms with Crippen LogP contribution in [-0.4, -0.2) is 25.2 Å². The number of halogens is 1. The molecule has 15 heavy (non-hydrogen) atoms. The standard InChI is InChI=1S/C12H17ClN2/c1-9-12(15-7-6-14-9)8-10-4-2-3-5-11(10)13/h2-5,9,12,14-15H,6-8H2,1H3. The fourth-order valence-electron chi connectivity index (χ4n) is 2.03. The van der Waals surface area contributed by atoms with Crippen LogP contribution in [0.2, 0.25) is 5.02 Å². The molecule has 0 saturated carbocycles. The maximum Gasteiger partial charge on any atom is 0.0438 e. The normalized spacial score (nSPS) is 26.5. The first kappa shape index (κ1) is 10.9. The van der Waals surface area contributed by atoms with E-state index in [0.717, 1.165) is 24.5 Å². The third kappa shape index (κ3) is 2.71. The number of hydrogen-bond donors (Lipinski definition) is 2. The zero-order chi connectivity index (χ0) is 10.7. The van der Waals surface area contributed by atoms with E-state index in [9.17, 15) is 0 Å². The van der Waals surface area contributed by atoms with E-state index < -0.39 is 0 Å². The van der Waals surface area contributed by atoms with E-state index >= 15 is 0 Å². The molecule has 3 heteroatoms. The molecule has 82 valence electrons. The van der Waals surface area contributed by atoms with E-state index in [2.05, 4.69) is 23.6 Å². The van der Waals surface area contributed by atoms with E-state index in [1.807, 2.05) is 18.2 Å². The second-order valence-corrected chi connectivity index (χ2v) is 4.51. The lowest BCUT2D eigenvalue weighted by atomic mass is 9.99. The molecular weight excluding hydrogens is 208 g/mol. The van der Waals surface area contributed by atoms with Crippen molar-refractivity contribution in [2.75, 3.05) is 13.1 Å². The minimum atomic E-state index is 0.485. The summed E-state index contributed by atoms with van der Waals surface area (Å²) in [6.07, 6.45) is 0.994. The number of nitrogens with one attached hydrogen (secondary N) is 2. The van der Waals surface area contributed by atoms with Crippen LogP contribution in [0.5, 0.6) is 0 Å². The lowest BCUT2D eigenvalue weighted by Crippen LogP contribution is -2.55. The molecule has 0 spiro atoms. The van der Waals surface area contributed by atoms with Crippen LogP contribution >= 0.6 is 11.6 Å². The van der Waals surface area contributed by atoms with Crippen molar-refractivity contribution < 1.29 is 0 Å². The number of benzene rings is 1. The van der Waals surface area contributed by atoms with E-state index in [1.54, 1.807) is 0 Å².